The lowest BCUT2D eigenvalue weighted by atomic mass is 9.54. The standard InChI is InChI=1S/C23H32O3/c1-23-11-10-19-18-9-7-17(26-2)13-15(18)6-8-20(19)22(23)16(14-21(23)25)5-3-4-12-24/h7,9,13,16,19-20,22,24H,3-6,8,10-12,14H2,1-2H3/t16-,19-,20-,22+,23-/m1/s1. The van der Waals surface area contributed by atoms with Crippen molar-refractivity contribution in [3.05, 3.63) is 29.3 Å². The highest BCUT2D eigenvalue weighted by Gasteiger charge is 2.58. The summed E-state index contributed by atoms with van der Waals surface area (Å²) in [5, 5.41) is 9.14. The van der Waals surface area contributed by atoms with Crippen LogP contribution in [0.25, 0.3) is 0 Å². The molecule has 5 atom stereocenters. The van der Waals surface area contributed by atoms with E-state index in [4.69, 9.17) is 9.84 Å². The Morgan fingerprint density at radius 1 is 1.27 bits per heavy atom. The summed E-state index contributed by atoms with van der Waals surface area (Å²) in [6.07, 6.45) is 8.28. The van der Waals surface area contributed by atoms with Crippen LogP contribution in [-0.4, -0.2) is 24.6 Å². The van der Waals surface area contributed by atoms with Crippen molar-refractivity contribution in [2.75, 3.05) is 13.7 Å². The maximum atomic E-state index is 12.9. The predicted octanol–water partition coefficient (Wildman–Crippen LogP) is 4.51. The Hall–Kier alpha value is -1.35. The molecule has 2 saturated carbocycles. The number of aryl methyl sites for hydroxylation is 1. The summed E-state index contributed by atoms with van der Waals surface area (Å²) in [6, 6.07) is 6.61. The van der Waals surface area contributed by atoms with E-state index < -0.39 is 0 Å². The molecule has 3 aliphatic rings. The molecule has 0 unspecified atom stereocenters. The molecule has 0 bridgehead atoms. The maximum Gasteiger partial charge on any atom is 0.139 e. The average Bonchev–Trinajstić information content (AvgIpc) is 2.91. The van der Waals surface area contributed by atoms with Gasteiger partial charge in [-0.05, 0) is 85.5 Å². The average molecular weight is 357 g/mol. The molecule has 1 aromatic carbocycles. The Morgan fingerprint density at radius 2 is 2.12 bits per heavy atom. The minimum Gasteiger partial charge on any atom is -0.497 e. The summed E-state index contributed by atoms with van der Waals surface area (Å²) < 4.78 is 5.42. The Bertz CT molecular complexity index is 682. The normalized spacial score (nSPS) is 35.6. The molecule has 3 heteroatoms. The molecule has 0 radical (unpaired) electrons. The van der Waals surface area contributed by atoms with E-state index in [0.29, 0.717) is 29.5 Å². The minimum atomic E-state index is -0.102. The number of unbranched alkanes of at least 4 members (excludes halogenated alkanes) is 1. The molecular formula is C23H32O3. The fourth-order valence-corrected chi connectivity index (χ4v) is 6.53. The van der Waals surface area contributed by atoms with Gasteiger partial charge in [-0.3, -0.25) is 4.79 Å². The van der Waals surface area contributed by atoms with E-state index >= 15 is 0 Å². The molecule has 0 saturated heterocycles. The van der Waals surface area contributed by atoms with Crippen LogP contribution in [0.3, 0.4) is 0 Å². The van der Waals surface area contributed by atoms with Crippen molar-refractivity contribution < 1.29 is 14.6 Å². The summed E-state index contributed by atoms with van der Waals surface area (Å²) in [5.74, 6) is 3.76. The first-order chi connectivity index (χ1) is 12.6. The van der Waals surface area contributed by atoms with Gasteiger partial charge >= 0.3 is 0 Å². The van der Waals surface area contributed by atoms with Gasteiger partial charge in [-0.2, -0.15) is 0 Å². The molecule has 0 aliphatic heterocycles. The maximum absolute atomic E-state index is 12.9. The smallest absolute Gasteiger partial charge is 0.139 e. The third-order valence-corrected chi connectivity index (χ3v) is 7.76. The number of hydrogen-bond acceptors (Lipinski definition) is 3. The van der Waals surface area contributed by atoms with Gasteiger partial charge in [-0.25, -0.2) is 0 Å². The van der Waals surface area contributed by atoms with Gasteiger partial charge < -0.3 is 9.84 Å². The van der Waals surface area contributed by atoms with E-state index in [-0.39, 0.29) is 12.0 Å². The highest BCUT2D eigenvalue weighted by atomic mass is 16.5. The van der Waals surface area contributed by atoms with Crippen molar-refractivity contribution in [2.45, 2.75) is 64.2 Å². The molecule has 3 nitrogen and oxygen atoms in total. The van der Waals surface area contributed by atoms with E-state index in [0.717, 1.165) is 50.7 Å². The van der Waals surface area contributed by atoms with E-state index in [1.165, 1.54) is 17.5 Å². The van der Waals surface area contributed by atoms with Crippen LogP contribution in [0.4, 0.5) is 0 Å². The van der Waals surface area contributed by atoms with Crippen molar-refractivity contribution >= 4 is 5.78 Å². The topological polar surface area (TPSA) is 46.5 Å². The van der Waals surface area contributed by atoms with Gasteiger partial charge in [0.05, 0.1) is 7.11 Å². The molecule has 0 amide bonds. The highest BCUT2D eigenvalue weighted by Crippen LogP contribution is 2.62. The molecule has 26 heavy (non-hydrogen) atoms. The van der Waals surface area contributed by atoms with Crippen molar-refractivity contribution in [1.29, 1.82) is 0 Å². The summed E-state index contributed by atoms with van der Waals surface area (Å²) in [5.41, 5.74) is 2.86. The number of carbonyl (C=O) groups excluding carboxylic acids is 1. The number of ether oxygens (including phenoxy) is 1. The SMILES string of the molecule is COc1ccc2c(c1)CC[C@H]1[C@@H]3[C@H](CCCCO)CC(=O)[C@@]3(C)CC[C@H]21. The van der Waals surface area contributed by atoms with Crippen LogP contribution < -0.4 is 4.74 Å². The zero-order valence-electron chi connectivity index (χ0n) is 16.2. The van der Waals surface area contributed by atoms with E-state index in [9.17, 15) is 4.79 Å². The first-order valence-corrected chi connectivity index (χ1v) is 10.4. The molecule has 0 spiro atoms. The number of aliphatic hydroxyl groups excluding tert-OH is 1. The van der Waals surface area contributed by atoms with E-state index in [1.54, 1.807) is 7.11 Å². The molecule has 0 heterocycles. The molecule has 3 aliphatic carbocycles. The highest BCUT2D eigenvalue weighted by molar-refractivity contribution is 5.87. The first kappa shape index (κ1) is 18.0. The molecule has 2 fully saturated rings. The number of hydrogen-bond donors (Lipinski definition) is 1. The number of rotatable bonds is 5. The minimum absolute atomic E-state index is 0.102. The summed E-state index contributed by atoms with van der Waals surface area (Å²) >= 11 is 0. The molecular weight excluding hydrogens is 324 g/mol. The fourth-order valence-electron chi connectivity index (χ4n) is 6.53. The number of ketones is 1. The summed E-state index contributed by atoms with van der Waals surface area (Å²) in [6.45, 7) is 2.52. The van der Waals surface area contributed by atoms with Gasteiger partial charge in [-0.15, -0.1) is 0 Å². The molecule has 1 aromatic rings. The van der Waals surface area contributed by atoms with Gasteiger partial charge in [0.1, 0.15) is 11.5 Å². The Balaban J connectivity index is 1.62. The van der Waals surface area contributed by atoms with Crippen LogP contribution >= 0.6 is 0 Å². The second-order valence-corrected chi connectivity index (χ2v) is 8.96. The van der Waals surface area contributed by atoms with Crippen molar-refractivity contribution in [2.24, 2.45) is 23.2 Å². The number of carbonyl (C=O) groups is 1. The van der Waals surface area contributed by atoms with Crippen LogP contribution in [0, 0.1) is 23.2 Å². The Labute approximate surface area is 157 Å². The zero-order chi connectivity index (χ0) is 18.3. The van der Waals surface area contributed by atoms with Crippen LogP contribution in [0.15, 0.2) is 18.2 Å². The van der Waals surface area contributed by atoms with Gasteiger partial charge in [0, 0.05) is 18.4 Å². The number of Topliss-reactive ketones (excluding diaryl/α,β-unsaturated/α-hetero) is 1. The number of fused-ring (bicyclic) bond motifs is 5. The van der Waals surface area contributed by atoms with Gasteiger partial charge in [0.15, 0.2) is 0 Å². The van der Waals surface area contributed by atoms with Crippen LogP contribution in [0.5, 0.6) is 5.75 Å². The van der Waals surface area contributed by atoms with Crippen LogP contribution in [0.1, 0.15) is 68.9 Å². The Kier molecular flexibility index (Phi) is 4.85. The van der Waals surface area contributed by atoms with E-state index in [1.807, 2.05) is 0 Å². The quantitative estimate of drug-likeness (QED) is 0.790. The lowest BCUT2D eigenvalue weighted by molar-refractivity contribution is -0.129. The number of aliphatic hydroxyl groups is 1. The first-order valence-electron chi connectivity index (χ1n) is 10.4. The van der Waals surface area contributed by atoms with Crippen molar-refractivity contribution in [3.63, 3.8) is 0 Å². The van der Waals surface area contributed by atoms with Crippen molar-refractivity contribution in [1.82, 2.24) is 0 Å². The lowest BCUT2D eigenvalue weighted by Crippen LogP contribution is -2.44. The van der Waals surface area contributed by atoms with Gasteiger partial charge in [0.25, 0.3) is 0 Å². The van der Waals surface area contributed by atoms with E-state index in [2.05, 4.69) is 25.1 Å². The number of benzene rings is 1. The second kappa shape index (κ2) is 6.99. The molecule has 0 aromatic heterocycles. The largest absolute Gasteiger partial charge is 0.497 e. The molecule has 1 N–H and O–H groups in total. The summed E-state index contributed by atoms with van der Waals surface area (Å²) in [4.78, 5) is 12.9. The van der Waals surface area contributed by atoms with Gasteiger partial charge in [0.2, 0.25) is 0 Å². The third kappa shape index (κ3) is 2.79. The number of methoxy groups -OCH3 is 1. The monoisotopic (exact) mass is 356 g/mol. The van der Waals surface area contributed by atoms with Crippen LogP contribution in [-0.2, 0) is 11.2 Å². The third-order valence-electron chi connectivity index (χ3n) is 7.76. The van der Waals surface area contributed by atoms with Gasteiger partial charge in [-0.1, -0.05) is 19.4 Å². The lowest BCUT2D eigenvalue weighted by Gasteiger charge is -2.50. The zero-order valence-corrected chi connectivity index (χ0v) is 16.2. The molecule has 142 valence electrons. The van der Waals surface area contributed by atoms with Crippen LogP contribution in [0.2, 0.25) is 0 Å². The molecule has 4 rings (SSSR count). The predicted molar refractivity (Wildman–Crippen MR) is 102 cm³/mol. The fraction of sp³-hybridized carbons (Fsp3) is 0.696. The summed E-state index contributed by atoms with van der Waals surface area (Å²) in [7, 11) is 1.74. The second-order valence-electron chi connectivity index (χ2n) is 8.96. The Morgan fingerprint density at radius 3 is 2.88 bits per heavy atom. The van der Waals surface area contributed by atoms with Crippen molar-refractivity contribution in [3.8, 4) is 5.75 Å².